The summed E-state index contributed by atoms with van der Waals surface area (Å²) in [6, 6.07) is 10.1. The van der Waals surface area contributed by atoms with Crippen molar-refractivity contribution in [3.8, 4) is 11.1 Å². The highest BCUT2D eigenvalue weighted by Crippen LogP contribution is 2.19. The van der Waals surface area contributed by atoms with E-state index >= 15 is 0 Å². The molecule has 102 valence electrons. The van der Waals surface area contributed by atoms with E-state index < -0.39 is 22.7 Å². The summed E-state index contributed by atoms with van der Waals surface area (Å²) in [4.78, 5) is 0. The number of hydrogen-bond acceptors (Lipinski definition) is 0. The van der Waals surface area contributed by atoms with Crippen molar-refractivity contribution in [2.75, 3.05) is 0 Å². The Morgan fingerprint density at radius 2 is 1.60 bits per heavy atom. The average Bonchev–Trinajstić information content (AvgIpc) is 2.38. The molecule has 0 fully saturated rings. The van der Waals surface area contributed by atoms with Crippen molar-refractivity contribution in [1.29, 1.82) is 0 Å². The fraction of sp³-hybridized carbons (Fsp3) is 0.0588. The third-order valence-corrected chi connectivity index (χ3v) is 3.01. The van der Waals surface area contributed by atoms with Crippen molar-refractivity contribution >= 4 is 12.4 Å². The van der Waals surface area contributed by atoms with E-state index in [0.717, 1.165) is 17.2 Å². The predicted molar refractivity (Wildman–Crippen MR) is 76.1 cm³/mol. The second kappa shape index (κ2) is 5.37. The summed E-state index contributed by atoms with van der Waals surface area (Å²) in [5, 5.41) is -0.398. The van der Waals surface area contributed by atoms with Gasteiger partial charge in [0.25, 0.3) is 0 Å². The zero-order valence-corrected chi connectivity index (χ0v) is 11.0. The van der Waals surface area contributed by atoms with E-state index in [-0.39, 0.29) is 5.22 Å². The minimum absolute atomic E-state index is 0.0804. The lowest BCUT2D eigenvalue weighted by Crippen LogP contribution is -2.29. The van der Waals surface area contributed by atoms with Crippen molar-refractivity contribution in [1.82, 2.24) is 0 Å². The van der Waals surface area contributed by atoms with Crippen molar-refractivity contribution in [3.05, 3.63) is 70.6 Å². The molecule has 0 bridgehead atoms. The van der Waals surface area contributed by atoms with Crippen LogP contribution in [-0.4, -0.2) is 0 Å². The topological polar surface area (TPSA) is 0 Å². The third-order valence-electron chi connectivity index (χ3n) is 3.01. The van der Waals surface area contributed by atoms with Gasteiger partial charge in [-0.1, -0.05) is 43.0 Å². The highest BCUT2D eigenvalue weighted by Gasteiger charge is 2.09. The monoisotopic (exact) mass is 274 g/mol. The Kier molecular flexibility index (Phi) is 3.79. The van der Waals surface area contributed by atoms with E-state index in [0.29, 0.717) is 5.56 Å². The van der Waals surface area contributed by atoms with Gasteiger partial charge in [-0.15, -0.1) is 0 Å². The summed E-state index contributed by atoms with van der Waals surface area (Å²) in [5.41, 5.74) is 2.42. The summed E-state index contributed by atoms with van der Waals surface area (Å²) in [7, 11) is 0. The smallest absolute Gasteiger partial charge is 0.168 e. The Bertz CT molecular complexity index is 771. The minimum atomic E-state index is -1.32. The van der Waals surface area contributed by atoms with E-state index in [1.807, 2.05) is 31.2 Å². The van der Waals surface area contributed by atoms with Crippen LogP contribution in [0.15, 0.2) is 48.8 Å². The van der Waals surface area contributed by atoms with Gasteiger partial charge in [-0.25, -0.2) is 13.2 Å². The maximum Gasteiger partial charge on any atom is 0.168 e. The molecule has 0 amide bonds. The molecule has 0 N–H and O–H groups in total. The van der Waals surface area contributed by atoms with Gasteiger partial charge in [-0.3, -0.25) is 0 Å². The largest absolute Gasteiger partial charge is 0.206 e. The van der Waals surface area contributed by atoms with Gasteiger partial charge in [-0.05, 0) is 35.4 Å². The van der Waals surface area contributed by atoms with Gasteiger partial charge in [-0.2, -0.15) is 0 Å². The Balaban J connectivity index is 2.68. The van der Waals surface area contributed by atoms with E-state index in [1.165, 1.54) is 6.07 Å². The van der Waals surface area contributed by atoms with Gasteiger partial charge in [0, 0.05) is 0 Å². The SMILES string of the molecule is C=C(F)/C(F)=c1/c(F)cc(-c2ccc(C)cc2)cc1=C. The fourth-order valence-electron chi connectivity index (χ4n) is 1.96. The first-order chi connectivity index (χ1) is 9.40. The molecule has 3 heteroatoms. The summed E-state index contributed by atoms with van der Waals surface area (Å²) in [6.45, 7) is 8.35. The van der Waals surface area contributed by atoms with E-state index in [4.69, 9.17) is 0 Å². The molecule has 0 nitrogen and oxygen atoms in total. The van der Waals surface area contributed by atoms with Crippen LogP contribution in [0.25, 0.3) is 23.5 Å². The molecule has 0 saturated heterocycles. The maximum atomic E-state index is 14.0. The summed E-state index contributed by atoms with van der Waals surface area (Å²) >= 11 is 0. The van der Waals surface area contributed by atoms with Crippen LogP contribution < -0.4 is 10.4 Å². The van der Waals surface area contributed by atoms with E-state index in [1.54, 1.807) is 0 Å². The number of allylic oxidation sites excluding steroid dienone is 1. The highest BCUT2D eigenvalue weighted by molar-refractivity contribution is 5.65. The van der Waals surface area contributed by atoms with Crippen LogP contribution >= 0.6 is 0 Å². The van der Waals surface area contributed by atoms with Gasteiger partial charge in [0.2, 0.25) is 0 Å². The van der Waals surface area contributed by atoms with Crippen LogP contribution in [0.1, 0.15) is 5.56 Å². The zero-order chi connectivity index (χ0) is 14.9. The number of halogens is 3. The molecule has 20 heavy (non-hydrogen) atoms. The van der Waals surface area contributed by atoms with E-state index in [9.17, 15) is 13.2 Å². The van der Waals surface area contributed by atoms with Gasteiger partial charge >= 0.3 is 0 Å². The second-order valence-corrected chi connectivity index (χ2v) is 4.58. The Morgan fingerprint density at radius 3 is 2.10 bits per heavy atom. The molecular formula is C17H13F3. The number of aryl methyl sites for hydroxylation is 1. The molecule has 0 aliphatic heterocycles. The standard InChI is InChI=1S/C17H13F3/c1-10-4-6-13(7-5-10)14-8-11(2)16(15(19)9-14)17(20)12(3)18/h4-9H,2-3H2,1H3/b17-16-. The molecule has 0 unspecified atom stereocenters. The van der Waals surface area contributed by atoms with Crippen LogP contribution in [0, 0.1) is 12.7 Å². The molecule has 0 radical (unpaired) electrons. The van der Waals surface area contributed by atoms with Crippen LogP contribution in [0.4, 0.5) is 13.2 Å². The van der Waals surface area contributed by atoms with Gasteiger partial charge in [0.05, 0.1) is 5.22 Å². The lowest BCUT2D eigenvalue weighted by atomic mass is 10.0. The lowest BCUT2D eigenvalue weighted by molar-refractivity contribution is 0.587. The molecule has 2 aromatic rings. The van der Waals surface area contributed by atoms with Gasteiger partial charge < -0.3 is 0 Å². The predicted octanol–water partition coefficient (Wildman–Crippen LogP) is 3.77. The number of hydrogen-bond donors (Lipinski definition) is 0. The minimum Gasteiger partial charge on any atom is -0.206 e. The van der Waals surface area contributed by atoms with Gasteiger partial charge in [0.15, 0.2) is 11.7 Å². The van der Waals surface area contributed by atoms with Crippen LogP contribution in [-0.2, 0) is 0 Å². The van der Waals surface area contributed by atoms with Gasteiger partial charge in [0.1, 0.15) is 5.82 Å². The molecule has 2 rings (SSSR count). The molecule has 0 aliphatic rings. The molecule has 2 aromatic carbocycles. The Labute approximate surface area is 115 Å². The molecular weight excluding hydrogens is 261 g/mol. The van der Waals surface area contributed by atoms with Crippen LogP contribution in [0.2, 0.25) is 0 Å². The molecule has 0 aromatic heterocycles. The molecule has 0 atom stereocenters. The first-order valence-electron chi connectivity index (χ1n) is 6.00. The molecule has 0 spiro atoms. The molecule has 0 aliphatic carbocycles. The number of rotatable bonds is 2. The van der Waals surface area contributed by atoms with E-state index in [2.05, 4.69) is 13.2 Å². The molecule has 0 heterocycles. The Hall–Kier alpha value is -2.29. The summed E-state index contributed by atoms with van der Waals surface area (Å²) in [5.74, 6) is -3.48. The second-order valence-electron chi connectivity index (χ2n) is 4.58. The maximum absolute atomic E-state index is 14.0. The van der Waals surface area contributed by atoms with Crippen molar-refractivity contribution in [3.63, 3.8) is 0 Å². The normalized spacial score (nSPS) is 12.2. The highest BCUT2D eigenvalue weighted by atomic mass is 19.2. The van der Waals surface area contributed by atoms with Crippen LogP contribution in [0.5, 0.6) is 0 Å². The summed E-state index contributed by atoms with van der Waals surface area (Å²) < 4.78 is 40.3. The number of benzene rings is 2. The quantitative estimate of drug-likeness (QED) is 0.782. The van der Waals surface area contributed by atoms with Crippen molar-refractivity contribution in [2.24, 2.45) is 0 Å². The first-order valence-corrected chi connectivity index (χ1v) is 6.00. The summed E-state index contributed by atoms with van der Waals surface area (Å²) in [6.07, 6.45) is 0. The first kappa shape index (κ1) is 14.1. The van der Waals surface area contributed by atoms with Crippen molar-refractivity contribution < 1.29 is 13.2 Å². The average molecular weight is 274 g/mol. The lowest BCUT2D eigenvalue weighted by Gasteiger charge is -2.04. The van der Waals surface area contributed by atoms with Crippen molar-refractivity contribution in [2.45, 2.75) is 6.92 Å². The van der Waals surface area contributed by atoms with Crippen LogP contribution in [0.3, 0.4) is 0 Å². The molecule has 0 saturated carbocycles. The fourth-order valence-corrected chi connectivity index (χ4v) is 1.96. The Morgan fingerprint density at radius 1 is 1.00 bits per heavy atom. The third kappa shape index (κ3) is 2.67. The zero-order valence-electron chi connectivity index (χ0n) is 11.0.